The topological polar surface area (TPSA) is 173 Å². The Hall–Kier alpha value is -2.74. The molecule has 1 saturated heterocycles. The number of para-hydroxylation sites is 1. The highest BCUT2D eigenvalue weighted by molar-refractivity contribution is 7.99. The molecule has 1 aliphatic rings. The zero-order valence-electron chi connectivity index (χ0n) is 21.3. The standard InChI is InChI=1S/C23H31N6O7PS/c1-13(2)34-23(31)14(3)28-37(32,36-15-8-6-5-7-9-15)33-10-16-18(30)19(38-4)22(35-16)29-12-27-17-20(24)25-11-26-21(17)29/h5-9,11-14,16,18-19,22,30H,10H2,1-4H3,(H,28,32)(H2,24,25,26)/t14-,16+,18?,19?,22+,37?/m0/s1. The third-order valence-electron chi connectivity index (χ3n) is 5.68. The van der Waals surface area contributed by atoms with Crippen molar-refractivity contribution in [2.45, 2.75) is 56.6 Å². The number of nitrogens with two attached hydrogens (primary N) is 1. The van der Waals surface area contributed by atoms with Gasteiger partial charge in [0.15, 0.2) is 17.7 Å². The maximum atomic E-state index is 13.8. The van der Waals surface area contributed by atoms with E-state index in [0.717, 1.165) is 0 Å². The van der Waals surface area contributed by atoms with Gasteiger partial charge in [0.25, 0.3) is 0 Å². The molecule has 15 heteroatoms. The molecule has 1 fully saturated rings. The lowest BCUT2D eigenvalue weighted by molar-refractivity contribution is -0.149. The highest BCUT2D eigenvalue weighted by Gasteiger charge is 2.46. The van der Waals surface area contributed by atoms with Gasteiger partial charge in [0.2, 0.25) is 0 Å². The van der Waals surface area contributed by atoms with Gasteiger partial charge in [-0.05, 0) is 39.2 Å². The second-order valence-corrected chi connectivity index (χ2v) is 11.6. The molecule has 0 aliphatic carbocycles. The molecule has 4 rings (SSSR count). The Kier molecular flexibility index (Phi) is 8.91. The first-order valence-electron chi connectivity index (χ1n) is 11.9. The minimum atomic E-state index is -4.13. The molecule has 0 saturated carbocycles. The molecule has 6 atom stereocenters. The van der Waals surface area contributed by atoms with Crippen LogP contribution in [0.3, 0.4) is 0 Å². The van der Waals surface area contributed by atoms with Gasteiger partial charge in [-0.3, -0.25) is 13.9 Å². The lowest BCUT2D eigenvalue weighted by Gasteiger charge is -2.25. The molecule has 0 bridgehead atoms. The van der Waals surface area contributed by atoms with Crippen LogP contribution in [0.5, 0.6) is 5.75 Å². The van der Waals surface area contributed by atoms with Crippen molar-refractivity contribution in [3.8, 4) is 5.75 Å². The first kappa shape index (κ1) is 28.3. The summed E-state index contributed by atoms with van der Waals surface area (Å²) >= 11 is 1.39. The Balaban J connectivity index is 1.52. The van der Waals surface area contributed by atoms with Crippen LogP contribution in [-0.2, 0) is 23.4 Å². The van der Waals surface area contributed by atoms with E-state index in [4.69, 9.17) is 24.3 Å². The van der Waals surface area contributed by atoms with Crippen molar-refractivity contribution in [1.82, 2.24) is 24.6 Å². The van der Waals surface area contributed by atoms with E-state index < -0.39 is 43.4 Å². The van der Waals surface area contributed by atoms with Gasteiger partial charge in [0.1, 0.15) is 29.7 Å². The number of aliphatic hydroxyl groups excluding tert-OH is 1. The van der Waals surface area contributed by atoms with Gasteiger partial charge >= 0.3 is 13.7 Å². The summed E-state index contributed by atoms with van der Waals surface area (Å²) in [5.41, 5.74) is 6.77. The molecule has 38 heavy (non-hydrogen) atoms. The average molecular weight is 567 g/mol. The van der Waals surface area contributed by atoms with E-state index in [9.17, 15) is 14.5 Å². The molecule has 3 unspecified atom stereocenters. The first-order valence-corrected chi connectivity index (χ1v) is 14.7. The number of nitrogens with one attached hydrogen (secondary N) is 1. The van der Waals surface area contributed by atoms with E-state index in [2.05, 4.69) is 20.0 Å². The van der Waals surface area contributed by atoms with Crippen molar-refractivity contribution in [1.29, 1.82) is 0 Å². The minimum Gasteiger partial charge on any atom is -0.462 e. The zero-order valence-corrected chi connectivity index (χ0v) is 23.0. The van der Waals surface area contributed by atoms with Crippen molar-refractivity contribution < 1.29 is 33.0 Å². The molecule has 0 amide bonds. The molecular formula is C23H31N6O7PS. The summed E-state index contributed by atoms with van der Waals surface area (Å²) in [6.07, 6.45) is 1.76. The third kappa shape index (κ3) is 6.28. The molecule has 3 heterocycles. The van der Waals surface area contributed by atoms with Crippen LogP contribution in [0, 0.1) is 0 Å². The number of imidazole rings is 1. The summed E-state index contributed by atoms with van der Waals surface area (Å²) in [7, 11) is -4.13. The smallest absolute Gasteiger partial charge is 0.459 e. The van der Waals surface area contributed by atoms with Crippen LogP contribution < -0.4 is 15.3 Å². The largest absolute Gasteiger partial charge is 0.462 e. The van der Waals surface area contributed by atoms with E-state index in [0.29, 0.717) is 11.2 Å². The normalized spacial score (nSPS) is 23.8. The number of nitrogens with zero attached hydrogens (tertiary/aromatic N) is 4. The monoisotopic (exact) mass is 566 g/mol. The number of hydrogen-bond donors (Lipinski definition) is 3. The molecule has 0 radical (unpaired) electrons. The highest BCUT2D eigenvalue weighted by Crippen LogP contribution is 2.46. The number of nitrogen functional groups attached to an aromatic ring is 1. The number of carbonyl (C=O) groups is 1. The first-order chi connectivity index (χ1) is 18.1. The molecule has 13 nitrogen and oxygen atoms in total. The molecule has 0 spiro atoms. The van der Waals surface area contributed by atoms with E-state index in [1.165, 1.54) is 31.3 Å². The summed E-state index contributed by atoms with van der Waals surface area (Å²) in [4.78, 5) is 24.9. The lowest BCUT2D eigenvalue weighted by atomic mass is 10.2. The second-order valence-electron chi connectivity index (χ2n) is 8.87. The van der Waals surface area contributed by atoms with Crippen LogP contribution in [0.2, 0.25) is 0 Å². The van der Waals surface area contributed by atoms with Crippen molar-refractivity contribution in [2.24, 2.45) is 0 Å². The molecule has 3 aromatic rings. The highest BCUT2D eigenvalue weighted by atomic mass is 32.2. The molecule has 1 aliphatic heterocycles. The molecular weight excluding hydrogens is 535 g/mol. The number of rotatable bonds is 11. The molecule has 206 valence electrons. The number of ether oxygens (including phenoxy) is 2. The fourth-order valence-corrected chi connectivity index (χ4v) is 6.28. The van der Waals surface area contributed by atoms with E-state index in [-0.39, 0.29) is 24.3 Å². The summed E-state index contributed by atoms with van der Waals surface area (Å²) in [6.45, 7) is 4.61. The predicted molar refractivity (Wildman–Crippen MR) is 141 cm³/mol. The maximum absolute atomic E-state index is 13.8. The summed E-state index contributed by atoms with van der Waals surface area (Å²) < 4.78 is 38.2. The van der Waals surface area contributed by atoms with Gasteiger partial charge in [0.05, 0.1) is 30.4 Å². The van der Waals surface area contributed by atoms with Crippen LogP contribution in [-0.4, -0.2) is 73.1 Å². The van der Waals surface area contributed by atoms with Crippen LogP contribution in [0.4, 0.5) is 5.82 Å². The number of benzene rings is 1. The van der Waals surface area contributed by atoms with Crippen molar-refractivity contribution in [3.63, 3.8) is 0 Å². The van der Waals surface area contributed by atoms with Gasteiger partial charge in [0, 0.05) is 0 Å². The van der Waals surface area contributed by atoms with Crippen molar-refractivity contribution in [2.75, 3.05) is 18.6 Å². The average Bonchev–Trinajstić information content (AvgIpc) is 3.44. The van der Waals surface area contributed by atoms with Crippen molar-refractivity contribution in [3.05, 3.63) is 43.0 Å². The number of esters is 1. The molecule has 2 aromatic heterocycles. The van der Waals surface area contributed by atoms with E-state index >= 15 is 0 Å². The van der Waals surface area contributed by atoms with Gasteiger partial charge in [-0.1, -0.05) is 18.2 Å². The predicted octanol–water partition coefficient (Wildman–Crippen LogP) is 2.53. The molecule has 1 aromatic carbocycles. The SMILES string of the molecule is CSC1C(O)[C@@H](COP(=O)(N[C@@H](C)C(=O)OC(C)C)Oc2ccccc2)O[C@H]1n1cnc2c(N)ncnc21. The van der Waals surface area contributed by atoms with Gasteiger partial charge in [-0.25, -0.2) is 19.5 Å². The second kappa shape index (κ2) is 12.0. The van der Waals surface area contributed by atoms with Crippen LogP contribution >= 0.6 is 19.5 Å². The summed E-state index contributed by atoms with van der Waals surface area (Å²) in [5.74, 6) is -0.126. The summed E-state index contributed by atoms with van der Waals surface area (Å²) in [6, 6.07) is 7.40. The van der Waals surface area contributed by atoms with Crippen LogP contribution in [0.1, 0.15) is 27.0 Å². The summed E-state index contributed by atoms with van der Waals surface area (Å²) in [5, 5.41) is 13.3. The Morgan fingerprint density at radius 3 is 2.68 bits per heavy atom. The number of carbonyl (C=O) groups excluding carboxylic acids is 1. The maximum Gasteiger partial charge on any atom is 0.459 e. The minimum absolute atomic E-state index is 0.225. The number of anilines is 1. The molecule has 4 N–H and O–H groups in total. The fraction of sp³-hybridized carbons (Fsp3) is 0.478. The van der Waals surface area contributed by atoms with Gasteiger partial charge < -0.3 is 24.8 Å². The Morgan fingerprint density at radius 2 is 2.00 bits per heavy atom. The number of fused-ring (bicyclic) bond motifs is 1. The van der Waals surface area contributed by atoms with E-state index in [1.807, 2.05) is 6.26 Å². The Labute approximate surface area is 224 Å². The number of hydrogen-bond acceptors (Lipinski definition) is 12. The van der Waals surface area contributed by atoms with Crippen molar-refractivity contribution >= 4 is 42.5 Å². The number of aromatic nitrogens is 4. The lowest BCUT2D eigenvalue weighted by Crippen LogP contribution is -2.37. The van der Waals surface area contributed by atoms with E-state index in [1.54, 1.807) is 48.7 Å². The van der Waals surface area contributed by atoms with Gasteiger partial charge in [-0.15, -0.1) is 0 Å². The number of aliphatic hydroxyl groups is 1. The quantitative estimate of drug-likeness (QED) is 0.228. The third-order valence-corrected chi connectivity index (χ3v) is 8.38. The van der Waals surface area contributed by atoms with Crippen LogP contribution in [0.15, 0.2) is 43.0 Å². The Morgan fingerprint density at radius 1 is 1.26 bits per heavy atom. The zero-order chi connectivity index (χ0) is 27.4. The number of thioether (sulfide) groups is 1. The Bertz CT molecular complexity index is 1300. The van der Waals surface area contributed by atoms with Gasteiger partial charge in [-0.2, -0.15) is 16.8 Å². The van der Waals surface area contributed by atoms with Crippen LogP contribution in [0.25, 0.3) is 11.2 Å². The fourth-order valence-electron chi connectivity index (χ4n) is 3.90.